The molecule has 8 heteroatoms. The van der Waals surface area contributed by atoms with Crippen molar-refractivity contribution in [2.45, 2.75) is 38.6 Å². The third-order valence-corrected chi connectivity index (χ3v) is 6.29. The summed E-state index contributed by atoms with van der Waals surface area (Å²) in [5.74, 6) is -1.60. The van der Waals surface area contributed by atoms with Crippen LogP contribution in [0.5, 0.6) is 0 Å². The zero-order chi connectivity index (χ0) is 20.4. The number of thioether (sulfide) groups is 1. The molecule has 6 nitrogen and oxygen atoms in total. The molecule has 0 bridgehead atoms. The van der Waals surface area contributed by atoms with Crippen molar-refractivity contribution in [1.29, 1.82) is 0 Å². The normalized spacial score (nSPS) is 21.2. The largest absolute Gasteiger partial charge is 0.548 e. The predicted octanol–water partition coefficient (Wildman–Crippen LogP) is 1.75. The number of carbonyl (C=O) groups excluding carboxylic acids is 3. The summed E-state index contributed by atoms with van der Waals surface area (Å²) in [4.78, 5) is 39.4. The number of thiocarbonyl (C=S) groups is 1. The van der Waals surface area contributed by atoms with Crippen molar-refractivity contribution in [3.8, 4) is 0 Å². The van der Waals surface area contributed by atoms with E-state index in [1.54, 1.807) is 6.08 Å². The van der Waals surface area contributed by atoms with Crippen molar-refractivity contribution in [3.05, 3.63) is 40.3 Å². The Kier molecular flexibility index (Phi) is 6.20. The lowest BCUT2D eigenvalue weighted by molar-refractivity contribution is -0.310. The summed E-state index contributed by atoms with van der Waals surface area (Å²) in [6, 6.07) is 7.01. The van der Waals surface area contributed by atoms with Crippen LogP contribution in [0.4, 0.5) is 0 Å². The molecule has 1 atom stereocenters. The molecule has 28 heavy (non-hydrogen) atoms. The van der Waals surface area contributed by atoms with Gasteiger partial charge in [0.15, 0.2) is 0 Å². The summed E-state index contributed by atoms with van der Waals surface area (Å²) >= 11 is 6.42. The highest BCUT2D eigenvalue weighted by molar-refractivity contribution is 8.26. The van der Waals surface area contributed by atoms with E-state index < -0.39 is 17.9 Å². The predicted molar refractivity (Wildman–Crippen MR) is 110 cm³/mol. The number of hydrogen-bond donors (Lipinski definition) is 0. The van der Waals surface area contributed by atoms with E-state index in [1.165, 1.54) is 15.4 Å². The number of carboxylic acid groups (broad SMARTS) is 1. The van der Waals surface area contributed by atoms with Crippen molar-refractivity contribution in [2.75, 3.05) is 13.1 Å². The number of carboxylic acids is 1. The molecular weight excluding hydrogens is 396 g/mol. The van der Waals surface area contributed by atoms with Gasteiger partial charge in [-0.05, 0) is 36.0 Å². The fourth-order valence-electron chi connectivity index (χ4n) is 3.30. The first kappa shape index (κ1) is 20.5. The number of nitrogens with zero attached hydrogens (tertiary/aromatic N) is 2. The lowest BCUT2D eigenvalue weighted by Gasteiger charge is -2.27. The molecule has 2 fully saturated rings. The van der Waals surface area contributed by atoms with Gasteiger partial charge in [0.1, 0.15) is 10.9 Å². The molecule has 2 aliphatic heterocycles. The highest BCUT2D eigenvalue weighted by Crippen LogP contribution is 2.33. The second-order valence-corrected chi connectivity index (χ2v) is 8.83. The smallest absolute Gasteiger partial charge is 0.266 e. The van der Waals surface area contributed by atoms with E-state index in [-0.39, 0.29) is 12.5 Å². The fraction of sp³-hybridized carbons (Fsp3) is 0.400. The van der Waals surface area contributed by atoms with Crippen LogP contribution in [0.25, 0.3) is 6.08 Å². The number of likely N-dealkylation sites (tertiary alicyclic amines) is 1. The van der Waals surface area contributed by atoms with Gasteiger partial charge in [0.2, 0.25) is 5.91 Å². The van der Waals surface area contributed by atoms with E-state index in [9.17, 15) is 19.5 Å². The molecule has 1 aromatic rings. The third kappa shape index (κ3) is 4.28. The lowest BCUT2D eigenvalue weighted by Crippen LogP contribution is -2.50. The van der Waals surface area contributed by atoms with Crippen molar-refractivity contribution >= 4 is 52.2 Å². The average Bonchev–Trinajstić information content (AvgIpc) is 3.23. The van der Waals surface area contributed by atoms with Crippen LogP contribution in [0.2, 0.25) is 0 Å². The molecule has 2 amide bonds. The third-order valence-electron chi connectivity index (χ3n) is 4.91. The first-order chi connectivity index (χ1) is 13.3. The number of amides is 2. The van der Waals surface area contributed by atoms with Gasteiger partial charge in [-0.15, -0.1) is 0 Å². The number of rotatable bonds is 5. The van der Waals surface area contributed by atoms with Gasteiger partial charge in [-0.2, -0.15) is 0 Å². The quantitative estimate of drug-likeness (QED) is 0.536. The Morgan fingerprint density at radius 3 is 2.61 bits per heavy atom. The van der Waals surface area contributed by atoms with E-state index in [0.717, 1.165) is 17.3 Å². The number of aliphatic carboxylic acids is 1. The molecule has 0 unspecified atom stereocenters. The van der Waals surface area contributed by atoms with Crippen LogP contribution >= 0.6 is 24.0 Å². The Hall–Kier alpha value is -2.19. The maximum atomic E-state index is 12.7. The molecule has 0 aliphatic carbocycles. The highest BCUT2D eigenvalue weighted by Gasteiger charge is 2.37. The van der Waals surface area contributed by atoms with Gasteiger partial charge in [0, 0.05) is 6.54 Å². The Balaban J connectivity index is 1.71. The second-order valence-electron chi connectivity index (χ2n) is 7.15. The van der Waals surface area contributed by atoms with Gasteiger partial charge in [-0.25, -0.2) is 0 Å². The summed E-state index contributed by atoms with van der Waals surface area (Å²) in [6.07, 6.45) is 2.74. The minimum Gasteiger partial charge on any atom is -0.548 e. The molecule has 3 rings (SSSR count). The Bertz CT molecular complexity index is 848. The lowest BCUT2D eigenvalue weighted by atomic mass is 10.0. The maximum Gasteiger partial charge on any atom is 0.266 e. The second kappa shape index (κ2) is 8.45. The molecule has 2 heterocycles. The first-order valence-corrected chi connectivity index (χ1v) is 10.4. The maximum absolute atomic E-state index is 12.7. The zero-order valence-electron chi connectivity index (χ0n) is 15.7. The van der Waals surface area contributed by atoms with Crippen LogP contribution < -0.4 is 5.11 Å². The molecule has 0 radical (unpaired) electrons. The summed E-state index contributed by atoms with van der Waals surface area (Å²) < 4.78 is 0.299. The van der Waals surface area contributed by atoms with Crippen molar-refractivity contribution in [3.63, 3.8) is 0 Å². The van der Waals surface area contributed by atoms with Crippen molar-refractivity contribution < 1.29 is 19.5 Å². The molecule has 2 aliphatic rings. The Morgan fingerprint density at radius 2 is 2.00 bits per heavy atom. The Morgan fingerprint density at radius 1 is 1.32 bits per heavy atom. The van der Waals surface area contributed by atoms with Crippen LogP contribution in [-0.2, 0) is 14.4 Å². The molecule has 148 valence electrons. The monoisotopic (exact) mass is 417 g/mol. The number of hydrogen-bond acceptors (Lipinski definition) is 6. The SMILES string of the molecule is CC(C)c1ccc(/C=C2\SC(=S)N(CC(=O)N3CCC[C@@H]3C(=O)[O-])C2=O)cc1. The van der Waals surface area contributed by atoms with Crippen LogP contribution in [-0.4, -0.2) is 51.0 Å². The minimum absolute atomic E-state index is 0.252. The standard InChI is InChI=1S/C20H22N2O4S2/c1-12(2)14-7-5-13(6-8-14)10-16-18(24)22(20(27)28-16)11-17(23)21-9-3-4-15(21)19(25)26/h5-8,10,12,15H,3-4,9,11H2,1-2H3,(H,25,26)/p-1/b16-10-/t15-/m1/s1. The van der Waals surface area contributed by atoms with Crippen molar-refractivity contribution in [2.24, 2.45) is 0 Å². The molecule has 0 aromatic heterocycles. The van der Waals surface area contributed by atoms with Crippen LogP contribution in [0.3, 0.4) is 0 Å². The molecule has 0 saturated carbocycles. The van der Waals surface area contributed by atoms with Crippen LogP contribution in [0.15, 0.2) is 29.2 Å². The van der Waals surface area contributed by atoms with Gasteiger partial charge < -0.3 is 14.8 Å². The van der Waals surface area contributed by atoms with E-state index in [4.69, 9.17) is 12.2 Å². The molecule has 0 spiro atoms. The van der Waals surface area contributed by atoms with Crippen LogP contribution in [0, 0.1) is 0 Å². The van der Waals surface area contributed by atoms with Gasteiger partial charge in [-0.1, -0.05) is 62.1 Å². The molecule has 2 saturated heterocycles. The van der Waals surface area contributed by atoms with E-state index in [1.807, 2.05) is 24.3 Å². The minimum atomic E-state index is -1.26. The van der Waals surface area contributed by atoms with E-state index in [2.05, 4.69) is 13.8 Å². The highest BCUT2D eigenvalue weighted by atomic mass is 32.2. The van der Waals surface area contributed by atoms with Gasteiger partial charge in [-0.3, -0.25) is 14.5 Å². The van der Waals surface area contributed by atoms with E-state index >= 15 is 0 Å². The van der Waals surface area contributed by atoms with Crippen LogP contribution in [0.1, 0.15) is 43.7 Å². The van der Waals surface area contributed by atoms with Gasteiger partial charge >= 0.3 is 0 Å². The molecule has 1 aromatic carbocycles. The topological polar surface area (TPSA) is 80.8 Å². The first-order valence-electron chi connectivity index (χ1n) is 9.13. The summed E-state index contributed by atoms with van der Waals surface area (Å²) in [5.41, 5.74) is 2.09. The fourth-order valence-corrected chi connectivity index (χ4v) is 4.56. The zero-order valence-corrected chi connectivity index (χ0v) is 17.3. The molecule has 0 N–H and O–H groups in total. The average molecular weight is 418 g/mol. The number of benzene rings is 1. The summed E-state index contributed by atoms with van der Waals surface area (Å²) in [5, 5.41) is 11.2. The Labute approximate surface area is 173 Å². The summed E-state index contributed by atoms with van der Waals surface area (Å²) in [7, 11) is 0. The summed E-state index contributed by atoms with van der Waals surface area (Å²) in [6.45, 7) is 4.33. The van der Waals surface area contributed by atoms with Gasteiger partial charge in [0.05, 0.1) is 16.9 Å². The van der Waals surface area contributed by atoms with Crippen molar-refractivity contribution in [1.82, 2.24) is 9.80 Å². The molecular formula is C20H21N2O4S2-. The van der Waals surface area contributed by atoms with E-state index in [0.29, 0.717) is 34.5 Å². The van der Waals surface area contributed by atoms with Gasteiger partial charge in [0.25, 0.3) is 5.91 Å². The number of carbonyl (C=O) groups is 3.